The Balaban J connectivity index is 1.65. The van der Waals surface area contributed by atoms with E-state index < -0.39 is 0 Å². The number of ether oxygens (including phenoxy) is 3. The van der Waals surface area contributed by atoms with E-state index in [4.69, 9.17) is 19.3 Å². The molecule has 0 unspecified atom stereocenters. The summed E-state index contributed by atoms with van der Waals surface area (Å²) in [6.07, 6.45) is 1.77. The number of hydrogen-bond acceptors (Lipinski definition) is 5. The average Bonchev–Trinajstić information content (AvgIpc) is 3.14. The number of nitrogens with zero attached hydrogens (tertiary/aromatic N) is 3. The Morgan fingerprint density at radius 3 is 2.84 bits per heavy atom. The number of fused-ring (bicyclic) bond motifs is 1. The standard InChI is InChI=1S/C18H27N3O4/c1-12-8-14-15(13(2)25-12)19-21(6-7-23-3)16(14)17(22)20-5-4-18(9-20)10-24-11-18/h12-13H,4-11H2,1-3H3/t12-,13+/m0/s1. The van der Waals surface area contributed by atoms with Crippen molar-refractivity contribution in [2.45, 2.75) is 45.4 Å². The van der Waals surface area contributed by atoms with E-state index in [2.05, 4.69) is 6.92 Å². The highest BCUT2D eigenvalue weighted by molar-refractivity contribution is 5.94. The zero-order chi connectivity index (χ0) is 17.6. The van der Waals surface area contributed by atoms with E-state index in [0.717, 1.165) is 56.1 Å². The Morgan fingerprint density at radius 1 is 1.40 bits per heavy atom. The summed E-state index contributed by atoms with van der Waals surface area (Å²) in [5, 5.41) is 4.71. The maximum Gasteiger partial charge on any atom is 0.272 e. The summed E-state index contributed by atoms with van der Waals surface area (Å²) in [5.41, 5.74) is 2.87. The number of likely N-dealkylation sites (tertiary alicyclic amines) is 1. The van der Waals surface area contributed by atoms with Crippen LogP contribution in [-0.4, -0.2) is 66.7 Å². The van der Waals surface area contributed by atoms with Gasteiger partial charge in [0.05, 0.1) is 44.3 Å². The lowest BCUT2D eigenvalue weighted by Crippen LogP contribution is -2.45. The number of carbonyl (C=O) groups excluding carboxylic acids is 1. The molecule has 3 aliphatic heterocycles. The molecule has 1 aromatic rings. The molecule has 0 radical (unpaired) electrons. The molecule has 0 bridgehead atoms. The molecule has 138 valence electrons. The van der Waals surface area contributed by atoms with E-state index in [0.29, 0.717) is 13.2 Å². The third-order valence-corrected chi connectivity index (χ3v) is 5.65. The summed E-state index contributed by atoms with van der Waals surface area (Å²) in [6.45, 7) is 8.31. The number of carbonyl (C=O) groups is 1. The van der Waals surface area contributed by atoms with Gasteiger partial charge in [-0.3, -0.25) is 9.48 Å². The molecular formula is C18H27N3O4. The van der Waals surface area contributed by atoms with Gasteiger partial charge in [-0.15, -0.1) is 0 Å². The van der Waals surface area contributed by atoms with E-state index >= 15 is 0 Å². The lowest BCUT2D eigenvalue weighted by Gasteiger charge is -2.37. The summed E-state index contributed by atoms with van der Waals surface area (Å²) < 4.78 is 18.3. The molecule has 1 aromatic heterocycles. The molecule has 1 amide bonds. The molecule has 4 rings (SSSR count). The van der Waals surface area contributed by atoms with Crippen molar-refractivity contribution in [3.8, 4) is 0 Å². The van der Waals surface area contributed by atoms with Gasteiger partial charge >= 0.3 is 0 Å². The molecule has 0 aromatic carbocycles. The molecule has 2 saturated heterocycles. The Bertz CT molecular complexity index is 668. The first kappa shape index (κ1) is 17.0. The van der Waals surface area contributed by atoms with Crippen LogP contribution in [0.4, 0.5) is 0 Å². The van der Waals surface area contributed by atoms with Crippen molar-refractivity contribution in [2.75, 3.05) is 40.0 Å². The van der Waals surface area contributed by atoms with Crippen LogP contribution >= 0.6 is 0 Å². The zero-order valence-corrected chi connectivity index (χ0v) is 15.3. The second-order valence-electron chi connectivity index (χ2n) is 7.69. The summed E-state index contributed by atoms with van der Waals surface area (Å²) in [5.74, 6) is 0.0925. The van der Waals surface area contributed by atoms with E-state index in [1.807, 2.05) is 16.5 Å². The number of hydrogen-bond donors (Lipinski definition) is 0. The smallest absolute Gasteiger partial charge is 0.272 e. The Labute approximate surface area is 148 Å². The molecule has 3 aliphatic rings. The minimum atomic E-state index is -0.0842. The fourth-order valence-corrected chi connectivity index (χ4v) is 4.26. The summed E-state index contributed by atoms with van der Waals surface area (Å²) >= 11 is 0. The van der Waals surface area contributed by atoms with Crippen LogP contribution in [0.2, 0.25) is 0 Å². The molecule has 7 heteroatoms. The van der Waals surface area contributed by atoms with Crippen molar-refractivity contribution in [3.05, 3.63) is 17.0 Å². The summed E-state index contributed by atoms with van der Waals surface area (Å²) in [6, 6.07) is 0. The number of methoxy groups -OCH3 is 1. The lowest BCUT2D eigenvalue weighted by molar-refractivity contribution is -0.103. The molecule has 2 fully saturated rings. The molecule has 0 saturated carbocycles. The first-order valence-electron chi connectivity index (χ1n) is 9.14. The molecule has 0 N–H and O–H groups in total. The van der Waals surface area contributed by atoms with Gasteiger partial charge in [0.1, 0.15) is 5.69 Å². The third kappa shape index (κ3) is 2.88. The number of rotatable bonds is 4. The molecule has 2 atom stereocenters. The van der Waals surface area contributed by atoms with Crippen LogP contribution < -0.4 is 0 Å². The summed E-state index contributed by atoms with van der Waals surface area (Å²) in [4.78, 5) is 15.3. The highest BCUT2D eigenvalue weighted by atomic mass is 16.5. The van der Waals surface area contributed by atoms with Crippen LogP contribution in [0.15, 0.2) is 0 Å². The highest BCUT2D eigenvalue weighted by Gasteiger charge is 2.47. The molecule has 25 heavy (non-hydrogen) atoms. The fraction of sp³-hybridized carbons (Fsp3) is 0.778. The molecule has 7 nitrogen and oxygen atoms in total. The maximum absolute atomic E-state index is 13.3. The van der Waals surface area contributed by atoms with E-state index in [1.54, 1.807) is 7.11 Å². The maximum atomic E-state index is 13.3. The van der Waals surface area contributed by atoms with Crippen LogP contribution in [0.5, 0.6) is 0 Å². The predicted octanol–water partition coefficient (Wildman–Crippen LogP) is 1.41. The van der Waals surface area contributed by atoms with Gasteiger partial charge in [0.2, 0.25) is 0 Å². The van der Waals surface area contributed by atoms with Crippen LogP contribution in [-0.2, 0) is 27.2 Å². The van der Waals surface area contributed by atoms with Crippen molar-refractivity contribution < 1.29 is 19.0 Å². The lowest BCUT2D eigenvalue weighted by atomic mass is 9.85. The molecule has 1 spiro atoms. The Morgan fingerprint density at radius 2 is 2.20 bits per heavy atom. The SMILES string of the molecule is COCCn1nc2c(c1C(=O)N1CCC3(COC3)C1)C[C@H](C)O[C@@H]2C. The quantitative estimate of drug-likeness (QED) is 0.822. The Hall–Kier alpha value is -1.44. The van der Waals surface area contributed by atoms with Crippen molar-refractivity contribution in [3.63, 3.8) is 0 Å². The van der Waals surface area contributed by atoms with Gasteiger partial charge in [-0.2, -0.15) is 5.10 Å². The van der Waals surface area contributed by atoms with Crippen LogP contribution in [0.1, 0.15) is 48.1 Å². The highest BCUT2D eigenvalue weighted by Crippen LogP contribution is 2.39. The minimum Gasteiger partial charge on any atom is -0.383 e. The van der Waals surface area contributed by atoms with Gasteiger partial charge in [-0.25, -0.2) is 0 Å². The monoisotopic (exact) mass is 349 g/mol. The third-order valence-electron chi connectivity index (χ3n) is 5.65. The molecular weight excluding hydrogens is 322 g/mol. The largest absolute Gasteiger partial charge is 0.383 e. The fourth-order valence-electron chi connectivity index (χ4n) is 4.26. The van der Waals surface area contributed by atoms with E-state index in [-0.39, 0.29) is 23.5 Å². The molecule has 0 aliphatic carbocycles. The van der Waals surface area contributed by atoms with Crippen LogP contribution in [0.25, 0.3) is 0 Å². The minimum absolute atomic E-state index is 0.0842. The van der Waals surface area contributed by atoms with Gasteiger partial charge in [-0.05, 0) is 20.3 Å². The van der Waals surface area contributed by atoms with Crippen LogP contribution in [0, 0.1) is 5.41 Å². The average molecular weight is 349 g/mol. The van der Waals surface area contributed by atoms with E-state index in [9.17, 15) is 4.79 Å². The van der Waals surface area contributed by atoms with Gasteiger partial charge in [0.25, 0.3) is 5.91 Å². The van der Waals surface area contributed by atoms with Gasteiger partial charge in [0, 0.05) is 37.6 Å². The molecule has 4 heterocycles. The topological polar surface area (TPSA) is 65.8 Å². The van der Waals surface area contributed by atoms with E-state index in [1.165, 1.54) is 0 Å². The number of amides is 1. The first-order chi connectivity index (χ1) is 12.0. The van der Waals surface area contributed by atoms with Crippen molar-refractivity contribution in [1.29, 1.82) is 0 Å². The second kappa shape index (κ2) is 6.37. The van der Waals surface area contributed by atoms with Gasteiger partial charge < -0.3 is 19.1 Å². The second-order valence-corrected chi connectivity index (χ2v) is 7.69. The number of aromatic nitrogens is 2. The normalized spacial score (nSPS) is 27.4. The first-order valence-corrected chi connectivity index (χ1v) is 9.14. The Kier molecular flexibility index (Phi) is 4.33. The van der Waals surface area contributed by atoms with Gasteiger partial charge in [-0.1, -0.05) is 0 Å². The van der Waals surface area contributed by atoms with Crippen LogP contribution in [0.3, 0.4) is 0 Å². The van der Waals surface area contributed by atoms with Gasteiger partial charge in [0.15, 0.2) is 0 Å². The summed E-state index contributed by atoms with van der Waals surface area (Å²) in [7, 11) is 1.67. The predicted molar refractivity (Wildman–Crippen MR) is 90.5 cm³/mol. The van der Waals surface area contributed by atoms with Crippen molar-refractivity contribution in [2.24, 2.45) is 5.41 Å². The zero-order valence-electron chi connectivity index (χ0n) is 15.3. The van der Waals surface area contributed by atoms with Crippen molar-refractivity contribution >= 4 is 5.91 Å². The van der Waals surface area contributed by atoms with Crippen molar-refractivity contribution in [1.82, 2.24) is 14.7 Å².